The zero-order valence-electron chi connectivity index (χ0n) is 18.2. The van der Waals surface area contributed by atoms with Crippen molar-refractivity contribution >= 4 is 29.9 Å². The van der Waals surface area contributed by atoms with Crippen LogP contribution in [0.4, 0.5) is 13.2 Å². The van der Waals surface area contributed by atoms with Gasteiger partial charge in [0, 0.05) is 25.7 Å². The summed E-state index contributed by atoms with van der Waals surface area (Å²) in [5.74, 6) is 1.29. The van der Waals surface area contributed by atoms with E-state index in [1.165, 1.54) is 24.2 Å². The molecule has 2 rings (SSSR count). The van der Waals surface area contributed by atoms with Crippen molar-refractivity contribution in [2.75, 3.05) is 52.9 Å². The quantitative estimate of drug-likeness (QED) is 0.298. The van der Waals surface area contributed by atoms with Crippen LogP contribution in [0.3, 0.4) is 0 Å². The Balaban J connectivity index is 0.00000420. The molecule has 0 radical (unpaired) electrons. The summed E-state index contributed by atoms with van der Waals surface area (Å²) < 4.78 is 37.4. The first-order valence-corrected chi connectivity index (χ1v) is 10.7. The summed E-state index contributed by atoms with van der Waals surface area (Å²) in [6.07, 6.45) is 2.44. The lowest BCUT2D eigenvalue weighted by Crippen LogP contribution is -2.55. The van der Waals surface area contributed by atoms with Crippen LogP contribution in [0, 0.1) is 5.92 Å². The highest BCUT2D eigenvalue weighted by atomic mass is 127. The molecule has 172 valence electrons. The van der Waals surface area contributed by atoms with E-state index in [1.807, 2.05) is 0 Å². The maximum atomic E-state index is 12.5. The van der Waals surface area contributed by atoms with Crippen molar-refractivity contribution in [3.63, 3.8) is 0 Å². The number of piperidine rings is 2. The van der Waals surface area contributed by atoms with E-state index >= 15 is 0 Å². The average molecular weight is 533 g/mol. The van der Waals surface area contributed by atoms with E-state index in [0.717, 1.165) is 51.4 Å². The van der Waals surface area contributed by atoms with Crippen molar-refractivity contribution in [2.45, 2.75) is 64.1 Å². The number of hydrogen-bond donors (Lipinski definition) is 2. The summed E-state index contributed by atoms with van der Waals surface area (Å²) in [5.41, 5.74) is 0.0867. The first-order valence-electron chi connectivity index (χ1n) is 10.7. The first kappa shape index (κ1) is 26.7. The van der Waals surface area contributed by atoms with Crippen LogP contribution < -0.4 is 10.6 Å². The molecule has 0 spiro atoms. The minimum absolute atomic E-state index is 0. The molecule has 2 aliphatic heterocycles. The monoisotopic (exact) mass is 533 g/mol. The minimum Gasteiger partial charge on any atom is -0.356 e. The molecule has 0 bridgehead atoms. The normalized spacial score (nSPS) is 21.0. The number of halogens is 4. The Labute approximate surface area is 191 Å². The predicted octanol–water partition coefficient (Wildman–Crippen LogP) is 3.70. The van der Waals surface area contributed by atoms with Crippen molar-refractivity contribution in [3.8, 4) is 0 Å². The van der Waals surface area contributed by atoms with E-state index in [2.05, 4.69) is 34.4 Å². The van der Waals surface area contributed by atoms with Gasteiger partial charge in [-0.05, 0) is 78.0 Å². The fraction of sp³-hybridized carbons (Fsp3) is 0.950. The molecule has 0 aliphatic carbocycles. The van der Waals surface area contributed by atoms with Crippen LogP contribution >= 0.6 is 24.0 Å². The largest absolute Gasteiger partial charge is 0.401 e. The van der Waals surface area contributed by atoms with Gasteiger partial charge < -0.3 is 10.6 Å². The van der Waals surface area contributed by atoms with Crippen LogP contribution in [0.15, 0.2) is 4.99 Å². The van der Waals surface area contributed by atoms with Gasteiger partial charge in [-0.25, -0.2) is 0 Å². The number of nitrogens with one attached hydrogen (secondary N) is 2. The summed E-state index contributed by atoms with van der Waals surface area (Å²) in [6.45, 7) is 8.81. The topological polar surface area (TPSA) is 42.9 Å². The van der Waals surface area contributed by atoms with Crippen molar-refractivity contribution < 1.29 is 13.2 Å². The Hall–Kier alpha value is -0.290. The van der Waals surface area contributed by atoms with Gasteiger partial charge >= 0.3 is 6.18 Å². The number of alkyl halides is 3. The fourth-order valence-electron chi connectivity index (χ4n) is 4.21. The first-order chi connectivity index (χ1) is 13.2. The highest BCUT2D eigenvalue weighted by Gasteiger charge is 2.32. The summed E-state index contributed by atoms with van der Waals surface area (Å²) in [5, 5.41) is 6.81. The lowest BCUT2D eigenvalue weighted by atomic mass is 9.93. The van der Waals surface area contributed by atoms with Crippen LogP contribution in [0.25, 0.3) is 0 Å². The Bertz CT molecular complexity index is 485. The average Bonchev–Trinajstić information content (AvgIpc) is 2.65. The summed E-state index contributed by atoms with van der Waals surface area (Å²) in [7, 11) is 1.78. The second kappa shape index (κ2) is 12.5. The Morgan fingerprint density at radius 2 is 1.62 bits per heavy atom. The molecule has 9 heteroatoms. The Kier molecular flexibility index (Phi) is 11.6. The molecule has 2 fully saturated rings. The van der Waals surface area contributed by atoms with Crippen LogP contribution in [0.2, 0.25) is 0 Å². The van der Waals surface area contributed by atoms with Crippen LogP contribution in [0.5, 0.6) is 0 Å². The van der Waals surface area contributed by atoms with Gasteiger partial charge in [0.25, 0.3) is 0 Å². The third-order valence-electron chi connectivity index (χ3n) is 6.08. The highest BCUT2D eigenvalue weighted by Crippen LogP contribution is 2.24. The number of aliphatic imine (C=N–C) groups is 1. The lowest BCUT2D eigenvalue weighted by molar-refractivity contribution is -0.148. The fourth-order valence-corrected chi connectivity index (χ4v) is 4.21. The molecule has 0 aromatic carbocycles. The molecule has 2 heterocycles. The van der Waals surface area contributed by atoms with Gasteiger partial charge in [-0.1, -0.05) is 6.42 Å². The van der Waals surface area contributed by atoms with Gasteiger partial charge in [-0.3, -0.25) is 14.8 Å². The molecular formula is C20H39F3IN5. The third kappa shape index (κ3) is 10.0. The molecule has 2 N–H and O–H groups in total. The van der Waals surface area contributed by atoms with Gasteiger partial charge in [0.15, 0.2) is 5.96 Å². The van der Waals surface area contributed by atoms with E-state index in [-0.39, 0.29) is 29.5 Å². The van der Waals surface area contributed by atoms with E-state index in [4.69, 9.17) is 0 Å². The van der Waals surface area contributed by atoms with Gasteiger partial charge in [0.1, 0.15) is 0 Å². The standard InChI is InChI=1S/C20H38F3N5.HI/c1-19(2,28-11-5-4-6-12-28)15-26-18(24-3)25-10-7-17-8-13-27(14-9-17)16-20(21,22)23;/h17H,4-16H2,1-3H3,(H2,24,25,26);1H. The molecule has 0 amide bonds. The third-order valence-corrected chi connectivity index (χ3v) is 6.08. The van der Waals surface area contributed by atoms with E-state index < -0.39 is 12.7 Å². The van der Waals surface area contributed by atoms with Crippen molar-refractivity contribution in [3.05, 3.63) is 0 Å². The molecule has 0 saturated carbocycles. The molecule has 29 heavy (non-hydrogen) atoms. The van der Waals surface area contributed by atoms with Gasteiger partial charge in [-0.15, -0.1) is 24.0 Å². The number of guanidine groups is 1. The maximum absolute atomic E-state index is 12.5. The Morgan fingerprint density at radius 3 is 2.17 bits per heavy atom. The van der Waals surface area contributed by atoms with Crippen molar-refractivity contribution in [1.82, 2.24) is 20.4 Å². The van der Waals surface area contributed by atoms with Gasteiger partial charge in [0.05, 0.1) is 6.54 Å². The number of hydrogen-bond acceptors (Lipinski definition) is 3. The van der Waals surface area contributed by atoms with E-state index in [0.29, 0.717) is 19.0 Å². The molecule has 0 unspecified atom stereocenters. The molecule has 0 aromatic rings. The molecule has 2 saturated heterocycles. The molecule has 2 aliphatic rings. The number of nitrogens with zero attached hydrogens (tertiary/aromatic N) is 3. The summed E-state index contributed by atoms with van der Waals surface area (Å²) in [4.78, 5) is 8.38. The van der Waals surface area contributed by atoms with Crippen molar-refractivity contribution in [1.29, 1.82) is 0 Å². The molecule has 0 atom stereocenters. The van der Waals surface area contributed by atoms with Crippen LogP contribution in [0.1, 0.15) is 52.4 Å². The zero-order chi connectivity index (χ0) is 20.6. The maximum Gasteiger partial charge on any atom is 0.401 e. The zero-order valence-corrected chi connectivity index (χ0v) is 20.5. The van der Waals surface area contributed by atoms with Gasteiger partial charge in [0.2, 0.25) is 0 Å². The smallest absolute Gasteiger partial charge is 0.356 e. The molecule has 5 nitrogen and oxygen atoms in total. The Morgan fingerprint density at radius 1 is 1.00 bits per heavy atom. The van der Waals surface area contributed by atoms with E-state index in [1.54, 1.807) is 7.05 Å². The molecule has 0 aromatic heterocycles. The van der Waals surface area contributed by atoms with E-state index in [9.17, 15) is 13.2 Å². The minimum atomic E-state index is -4.09. The number of rotatable bonds is 7. The molecular weight excluding hydrogens is 494 g/mol. The second-order valence-corrected chi connectivity index (χ2v) is 8.84. The second-order valence-electron chi connectivity index (χ2n) is 8.84. The number of likely N-dealkylation sites (tertiary alicyclic amines) is 2. The van der Waals surface area contributed by atoms with Crippen LogP contribution in [-0.2, 0) is 0 Å². The van der Waals surface area contributed by atoms with Gasteiger partial charge in [-0.2, -0.15) is 13.2 Å². The highest BCUT2D eigenvalue weighted by molar-refractivity contribution is 14.0. The summed E-state index contributed by atoms with van der Waals surface area (Å²) >= 11 is 0. The SMILES string of the molecule is CN=C(NCCC1CCN(CC(F)(F)F)CC1)NCC(C)(C)N1CCCCC1.I. The summed E-state index contributed by atoms with van der Waals surface area (Å²) in [6, 6.07) is 0. The predicted molar refractivity (Wildman–Crippen MR) is 124 cm³/mol. The van der Waals surface area contributed by atoms with Crippen LogP contribution in [-0.4, -0.2) is 80.3 Å². The lowest BCUT2D eigenvalue weighted by Gasteiger charge is -2.41. The van der Waals surface area contributed by atoms with Crippen molar-refractivity contribution in [2.24, 2.45) is 10.9 Å².